The summed E-state index contributed by atoms with van der Waals surface area (Å²) in [5.41, 5.74) is 2.54. The molecule has 3 nitrogen and oxygen atoms in total. The molecule has 1 saturated carbocycles. The Kier molecular flexibility index (Phi) is 5.67. The largest absolute Gasteiger partial charge is 0.381 e. The molecule has 1 heterocycles. The third-order valence-corrected chi connectivity index (χ3v) is 6.02. The van der Waals surface area contributed by atoms with Gasteiger partial charge in [-0.1, -0.05) is 0 Å². The molecule has 4 heteroatoms. The van der Waals surface area contributed by atoms with Gasteiger partial charge in [-0.2, -0.15) is 0 Å². The van der Waals surface area contributed by atoms with Crippen molar-refractivity contribution in [2.75, 3.05) is 13.2 Å². The van der Waals surface area contributed by atoms with Crippen LogP contribution in [0.25, 0.3) is 0 Å². The van der Waals surface area contributed by atoms with Crippen molar-refractivity contribution in [1.29, 1.82) is 0 Å². The molecule has 1 aliphatic heterocycles. The average Bonchev–Trinajstić information content (AvgIpc) is 2.57. The van der Waals surface area contributed by atoms with E-state index in [0.29, 0.717) is 18.8 Å². The Labute approximate surface area is 148 Å². The summed E-state index contributed by atoms with van der Waals surface area (Å²) in [4.78, 5) is 24.6. The third kappa shape index (κ3) is 4.00. The molecule has 0 N–H and O–H groups in total. The smallest absolute Gasteiger partial charge is 0.140 e. The van der Waals surface area contributed by atoms with Gasteiger partial charge in [0.2, 0.25) is 0 Å². The molecule has 25 heavy (non-hydrogen) atoms. The Morgan fingerprint density at radius 1 is 1.20 bits per heavy atom. The highest BCUT2D eigenvalue weighted by atomic mass is 19.1. The summed E-state index contributed by atoms with van der Waals surface area (Å²) in [6.07, 6.45) is 5.04. The molecule has 0 bridgehead atoms. The van der Waals surface area contributed by atoms with Crippen LogP contribution in [-0.4, -0.2) is 25.3 Å². The molecule has 0 spiro atoms. The predicted octanol–water partition coefficient (Wildman–Crippen LogP) is 4.14. The van der Waals surface area contributed by atoms with Crippen LogP contribution < -0.4 is 0 Å². The van der Waals surface area contributed by atoms with Crippen LogP contribution in [0.15, 0.2) is 12.1 Å². The van der Waals surface area contributed by atoms with Crippen molar-refractivity contribution in [3.63, 3.8) is 0 Å². The van der Waals surface area contributed by atoms with E-state index in [9.17, 15) is 14.0 Å². The van der Waals surface area contributed by atoms with Crippen LogP contribution in [0.2, 0.25) is 0 Å². The van der Waals surface area contributed by atoms with Gasteiger partial charge in [-0.15, -0.1) is 0 Å². The normalized spacial score (nSPS) is 28.1. The summed E-state index contributed by atoms with van der Waals surface area (Å²) in [5, 5.41) is 0. The fourth-order valence-electron chi connectivity index (χ4n) is 4.73. The van der Waals surface area contributed by atoms with Gasteiger partial charge in [-0.3, -0.25) is 4.79 Å². The highest BCUT2D eigenvalue weighted by molar-refractivity contribution is 5.88. The highest BCUT2D eigenvalue weighted by Crippen LogP contribution is 2.42. The summed E-state index contributed by atoms with van der Waals surface area (Å²) in [7, 11) is 0. The first kappa shape index (κ1) is 18.2. The number of ether oxygens (including phenoxy) is 1. The minimum absolute atomic E-state index is 0.0885. The first-order chi connectivity index (χ1) is 12.0. The highest BCUT2D eigenvalue weighted by Gasteiger charge is 2.38. The molecule has 0 amide bonds. The molecule has 1 aromatic rings. The molecule has 0 radical (unpaired) electrons. The van der Waals surface area contributed by atoms with E-state index in [2.05, 4.69) is 0 Å². The maximum atomic E-state index is 13.6. The Morgan fingerprint density at radius 3 is 2.44 bits per heavy atom. The molecule has 136 valence electrons. The molecule has 3 unspecified atom stereocenters. The molecule has 3 atom stereocenters. The van der Waals surface area contributed by atoms with Crippen molar-refractivity contribution < 1.29 is 18.7 Å². The van der Waals surface area contributed by atoms with E-state index in [4.69, 9.17) is 4.74 Å². The van der Waals surface area contributed by atoms with E-state index in [-0.39, 0.29) is 29.4 Å². The minimum atomic E-state index is -0.276. The Hall–Kier alpha value is -1.55. The number of carbonyl (C=O) groups is 2. The van der Waals surface area contributed by atoms with Crippen LogP contribution in [0.3, 0.4) is 0 Å². The van der Waals surface area contributed by atoms with Crippen LogP contribution in [0.5, 0.6) is 0 Å². The second-order valence-electron chi connectivity index (χ2n) is 7.76. The molecular formula is C21H27FO3. The molecule has 2 fully saturated rings. The van der Waals surface area contributed by atoms with Crippen LogP contribution >= 0.6 is 0 Å². The third-order valence-electron chi connectivity index (χ3n) is 6.02. The molecule has 1 saturated heterocycles. The zero-order valence-corrected chi connectivity index (χ0v) is 15.1. The van der Waals surface area contributed by atoms with Crippen molar-refractivity contribution in [2.24, 2.45) is 17.8 Å². The number of rotatable bonds is 4. The number of carbonyl (C=O) groups excluding carboxylic acids is 2. The second kappa shape index (κ2) is 7.77. The summed E-state index contributed by atoms with van der Waals surface area (Å²) >= 11 is 0. The molecule has 3 rings (SSSR count). The van der Waals surface area contributed by atoms with Gasteiger partial charge in [0.1, 0.15) is 17.9 Å². The molecule has 2 aliphatic rings. The summed E-state index contributed by atoms with van der Waals surface area (Å²) in [5.74, 6) is 0.265. The lowest BCUT2D eigenvalue weighted by Crippen LogP contribution is -2.34. The number of halogens is 1. The van der Waals surface area contributed by atoms with Gasteiger partial charge in [0.15, 0.2) is 0 Å². The summed E-state index contributed by atoms with van der Waals surface area (Å²) < 4.78 is 19.0. The maximum absolute atomic E-state index is 13.6. The summed E-state index contributed by atoms with van der Waals surface area (Å²) in [6.45, 7) is 5.27. The number of hydrogen-bond acceptors (Lipinski definition) is 3. The lowest BCUT2D eigenvalue weighted by Gasteiger charge is -2.36. The van der Waals surface area contributed by atoms with Crippen LogP contribution in [-0.2, 0) is 14.3 Å². The van der Waals surface area contributed by atoms with Crippen LogP contribution in [0.1, 0.15) is 54.7 Å². The lowest BCUT2D eigenvalue weighted by atomic mass is 9.67. The van der Waals surface area contributed by atoms with Crippen molar-refractivity contribution in [3.05, 3.63) is 34.6 Å². The van der Waals surface area contributed by atoms with E-state index in [1.807, 2.05) is 13.8 Å². The SMILES string of the molecule is Cc1cc(F)cc(C)c1C1CC(C=O)C(CC2CCOCC2)CC1=O. The van der Waals surface area contributed by atoms with Crippen molar-refractivity contribution >= 4 is 12.1 Å². The first-order valence-corrected chi connectivity index (χ1v) is 9.32. The van der Waals surface area contributed by atoms with Crippen molar-refractivity contribution in [3.8, 4) is 0 Å². The molecule has 0 aromatic heterocycles. The fourth-order valence-corrected chi connectivity index (χ4v) is 4.73. The van der Waals surface area contributed by atoms with Gasteiger partial charge >= 0.3 is 0 Å². The number of hydrogen-bond donors (Lipinski definition) is 0. The van der Waals surface area contributed by atoms with E-state index in [0.717, 1.165) is 55.5 Å². The fraction of sp³-hybridized carbons (Fsp3) is 0.619. The van der Waals surface area contributed by atoms with E-state index >= 15 is 0 Å². The molecule has 1 aromatic carbocycles. The van der Waals surface area contributed by atoms with Gasteiger partial charge in [0.25, 0.3) is 0 Å². The minimum Gasteiger partial charge on any atom is -0.381 e. The van der Waals surface area contributed by atoms with Crippen LogP contribution in [0, 0.1) is 37.4 Å². The topological polar surface area (TPSA) is 43.4 Å². The Balaban J connectivity index is 1.77. The molecule has 1 aliphatic carbocycles. The number of aldehydes is 1. The van der Waals surface area contributed by atoms with Gasteiger partial charge in [0.05, 0.1) is 0 Å². The number of ketones is 1. The maximum Gasteiger partial charge on any atom is 0.140 e. The Bertz CT molecular complexity index is 626. The number of benzene rings is 1. The predicted molar refractivity (Wildman–Crippen MR) is 94.1 cm³/mol. The average molecular weight is 346 g/mol. The quantitative estimate of drug-likeness (QED) is 0.770. The summed E-state index contributed by atoms with van der Waals surface area (Å²) in [6, 6.07) is 2.97. The number of aryl methyl sites for hydroxylation is 2. The monoisotopic (exact) mass is 346 g/mol. The second-order valence-corrected chi connectivity index (χ2v) is 7.76. The number of Topliss-reactive ketones (excluding diaryl/α,β-unsaturated/α-hetero) is 1. The zero-order chi connectivity index (χ0) is 18.0. The van der Waals surface area contributed by atoms with E-state index in [1.54, 1.807) is 0 Å². The zero-order valence-electron chi connectivity index (χ0n) is 15.1. The first-order valence-electron chi connectivity index (χ1n) is 9.32. The standard InChI is InChI=1S/C21H27FO3/c1-13-7-18(22)8-14(2)21(13)19-10-17(12-23)16(11-20(19)24)9-15-3-5-25-6-4-15/h7-8,12,15-17,19H,3-6,9-11H2,1-2H3. The van der Waals surface area contributed by atoms with Crippen LogP contribution in [0.4, 0.5) is 4.39 Å². The van der Waals surface area contributed by atoms with Gasteiger partial charge in [-0.05, 0) is 80.2 Å². The van der Waals surface area contributed by atoms with Gasteiger partial charge in [0, 0.05) is 31.5 Å². The Morgan fingerprint density at radius 2 is 1.84 bits per heavy atom. The van der Waals surface area contributed by atoms with E-state index < -0.39 is 0 Å². The van der Waals surface area contributed by atoms with Gasteiger partial charge in [-0.25, -0.2) is 4.39 Å². The lowest BCUT2D eigenvalue weighted by molar-refractivity contribution is -0.127. The van der Waals surface area contributed by atoms with Gasteiger partial charge < -0.3 is 9.53 Å². The van der Waals surface area contributed by atoms with Crippen molar-refractivity contribution in [1.82, 2.24) is 0 Å². The van der Waals surface area contributed by atoms with E-state index in [1.165, 1.54) is 12.1 Å². The molecular weight excluding hydrogens is 319 g/mol. The van der Waals surface area contributed by atoms with Crippen molar-refractivity contribution in [2.45, 2.75) is 51.9 Å².